The maximum absolute atomic E-state index is 13.3. The highest BCUT2D eigenvalue weighted by atomic mass is 16.5. The number of carbonyl (C=O) groups is 1. The quantitative estimate of drug-likeness (QED) is 0.822. The largest absolute Gasteiger partial charge is 0.497 e. The first kappa shape index (κ1) is 18.7. The number of anilines is 1. The molecule has 4 rings (SSSR count). The van der Waals surface area contributed by atoms with Crippen LogP contribution in [-0.4, -0.2) is 42.6 Å². The Morgan fingerprint density at radius 1 is 1.07 bits per heavy atom. The van der Waals surface area contributed by atoms with E-state index in [2.05, 4.69) is 18.3 Å². The molecule has 0 spiro atoms. The molecule has 0 atom stereocenters. The Bertz CT molecular complexity index is 822. The SMILES string of the molecule is COc1ccc(NC2(C(=O)N3CC(Oc4cccc(C)c4)C3)CCCC2)cc1. The third-order valence-electron chi connectivity index (χ3n) is 5.77. The summed E-state index contributed by atoms with van der Waals surface area (Å²) in [4.78, 5) is 15.2. The highest BCUT2D eigenvalue weighted by Crippen LogP contribution is 2.36. The first-order valence-electron chi connectivity index (χ1n) is 10.0. The van der Waals surface area contributed by atoms with Gasteiger partial charge in [-0.3, -0.25) is 4.79 Å². The van der Waals surface area contributed by atoms with Gasteiger partial charge in [-0.2, -0.15) is 0 Å². The fraction of sp³-hybridized carbons (Fsp3) is 0.435. The van der Waals surface area contributed by atoms with Gasteiger partial charge in [-0.05, 0) is 61.7 Å². The van der Waals surface area contributed by atoms with Crippen molar-refractivity contribution < 1.29 is 14.3 Å². The van der Waals surface area contributed by atoms with Crippen molar-refractivity contribution in [2.75, 3.05) is 25.5 Å². The summed E-state index contributed by atoms with van der Waals surface area (Å²) in [6.45, 7) is 3.36. The molecule has 1 heterocycles. The van der Waals surface area contributed by atoms with Crippen LogP contribution in [0.2, 0.25) is 0 Å². The number of likely N-dealkylation sites (tertiary alicyclic amines) is 1. The number of benzene rings is 2. The average molecular weight is 380 g/mol. The number of methoxy groups -OCH3 is 1. The lowest BCUT2D eigenvalue weighted by Crippen LogP contribution is -2.63. The highest BCUT2D eigenvalue weighted by Gasteiger charge is 2.47. The molecule has 2 aliphatic rings. The minimum absolute atomic E-state index is 0.0742. The van der Waals surface area contributed by atoms with Crippen molar-refractivity contribution >= 4 is 11.6 Å². The fourth-order valence-electron chi connectivity index (χ4n) is 4.18. The molecule has 2 aromatic rings. The summed E-state index contributed by atoms with van der Waals surface area (Å²) in [6.07, 6.45) is 3.97. The van der Waals surface area contributed by atoms with E-state index in [0.717, 1.165) is 42.9 Å². The fourth-order valence-corrected chi connectivity index (χ4v) is 4.18. The predicted molar refractivity (Wildman–Crippen MR) is 110 cm³/mol. The van der Waals surface area contributed by atoms with Crippen LogP contribution in [-0.2, 0) is 4.79 Å². The van der Waals surface area contributed by atoms with Crippen molar-refractivity contribution in [3.63, 3.8) is 0 Å². The van der Waals surface area contributed by atoms with Gasteiger partial charge in [0.2, 0.25) is 5.91 Å². The highest BCUT2D eigenvalue weighted by molar-refractivity contribution is 5.90. The molecular formula is C23H28N2O3. The minimum Gasteiger partial charge on any atom is -0.497 e. The molecule has 5 heteroatoms. The van der Waals surface area contributed by atoms with Crippen LogP contribution in [0.15, 0.2) is 48.5 Å². The van der Waals surface area contributed by atoms with Crippen LogP contribution in [0.1, 0.15) is 31.2 Å². The van der Waals surface area contributed by atoms with Crippen molar-refractivity contribution in [2.45, 2.75) is 44.2 Å². The van der Waals surface area contributed by atoms with Crippen molar-refractivity contribution in [2.24, 2.45) is 0 Å². The average Bonchev–Trinajstić information content (AvgIpc) is 3.14. The number of ether oxygens (including phenoxy) is 2. The minimum atomic E-state index is -0.497. The Morgan fingerprint density at radius 3 is 2.43 bits per heavy atom. The molecule has 0 unspecified atom stereocenters. The van der Waals surface area contributed by atoms with Crippen LogP contribution in [0.25, 0.3) is 0 Å². The lowest BCUT2D eigenvalue weighted by Gasteiger charge is -2.44. The van der Waals surface area contributed by atoms with Gasteiger partial charge in [0.25, 0.3) is 0 Å². The van der Waals surface area contributed by atoms with E-state index in [1.165, 1.54) is 5.56 Å². The molecular weight excluding hydrogens is 352 g/mol. The molecule has 1 saturated carbocycles. The van der Waals surface area contributed by atoms with E-state index in [0.29, 0.717) is 13.1 Å². The van der Waals surface area contributed by atoms with Crippen LogP contribution in [0.4, 0.5) is 5.69 Å². The number of carbonyl (C=O) groups excluding carboxylic acids is 1. The summed E-state index contributed by atoms with van der Waals surface area (Å²) < 4.78 is 11.3. The predicted octanol–water partition coefficient (Wildman–Crippen LogP) is 4.02. The number of aryl methyl sites for hydroxylation is 1. The number of nitrogens with one attached hydrogen (secondary N) is 1. The Hall–Kier alpha value is -2.69. The zero-order valence-corrected chi connectivity index (χ0v) is 16.6. The Balaban J connectivity index is 1.39. The molecule has 0 aromatic heterocycles. The van der Waals surface area contributed by atoms with E-state index >= 15 is 0 Å². The zero-order valence-electron chi connectivity index (χ0n) is 16.6. The Kier molecular flexibility index (Phi) is 5.16. The first-order valence-corrected chi connectivity index (χ1v) is 10.0. The van der Waals surface area contributed by atoms with E-state index in [1.54, 1.807) is 7.11 Å². The summed E-state index contributed by atoms with van der Waals surface area (Å²) in [5.74, 6) is 1.89. The monoisotopic (exact) mass is 380 g/mol. The maximum atomic E-state index is 13.3. The van der Waals surface area contributed by atoms with E-state index in [1.807, 2.05) is 47.4 Å². The molecule has 0 radical (unpaired) electrons. The van der Waals surface area contributed by atoms with Crippen molar-refractivity contribution in [1.82, 2.24) is 4.90 Å². The van der Waals surface area contributed by atoms with Gasteiger partial charge in [-0.15, -0.1) is 0 Å². The molecule has 148 valence electrons. The number of rotatable bonds is 6. The molecule has 1 aliphatic carbocycles. The maximum Gasteiger partial charge on any atom is 0.248 e. The summed E-state index contributed by atoms with van der Waals surface area (Å²) >= 11 is 0. The molecule has 5 nitrogen and oxygen atoms in total. The van der Waals surface area contributed by atoms with Crippen molar-refractivity contribution in [3.05, 3.63) is 54.1 Å². The molecule has 1 amide bonds. The number of amides is 1. The van der Waals surface area contributed by atoms with Crippen LogP contribution in [0, 0.1) is 6.92 Å². The molecule has 1 saturated heterocycles. The van der Waals surface area contributed by atoms with Crippen molar-refractivity contribution in [3.8, 4) is 11.5 Å². The van der Waals surface area contributed by atoms with E-state index in [-0.39, 0.29) is 12.0 Å². The summed E-state index contributed by atoms with van der Waals surface area (Å²) in [7, 11) is 1.66. The van der Waals surface area contributed by atoms with Crippen LogP contribution in [0.3, 0.4) is 0 Å². The molecule has 28 heavy (non-hydrogen) atoms. The number of hydrogen-bond donors (Lipinski definition) is 1. The molecule has 0 bridgehead atoms. The van der Waals surface area contributed by atoms with Crippen LogP contribution in [0.5, 0.6) is 11.5 Å². The van der Waals surface area contributed by atoms with Gasteiger partial charge in [0.1, 0.15) is 23.1 Å². The molecule has 1 N–H and O–H groups in total. The molecule has 1 aliphatic heterocycles. The van der Waals surface area contributed by atoms with Crippen molar-refractivity contribution in [1.29, 1.82) is 0 Å². The Morgan fingerprint density at radius 2 is 1.79 bits per heavy atom. The normalized spacial score (nSPS) is 18.4. The van der Waals surface area contributed by atoms with Gasteiger partial charge in [0, 0.05) is 5.69 Å². The van der Waals surface area contributed by atoms with E-state index < -0.39 is 5.54 Å². The second kappa shape index (κ2) is 7.74. The van der Waals surface area contributed by atoms with E-state index in [9.17, 15) is 4.79 Å². The topological polar surface area (TPSA) is 50.8 Å². The van der Waals surface area contributed by atoms with Gasteiger partial charge in [0.05, 0.1) is 20.2 Å². The molecule has 2 aromatic carbocycles. The van der Waals surface area contributed by atoms with Gasteiger partial charge < -0.3 is 19.7 Å². The van der Waals surface area contributed by atoms with Gasteiger partial charge in [-0.1, -0.05) is 25.0 Å². The molecule has 2 fully saturated rings. The van der Waals surface area contributed by atoms with Gasteiger partial charge in [0.15, 0.2) is 0 Å². The first-order chi connectivity index (χ1) is 13.6. The Labute approximate surface area is 166 Å². The zero-order chi connectivity index (χ0) is 19.6. The van der Waals surface area contributed by atoms with Crippen LogP contribution < -0.4 is 14.8 Å². The summed E-state index contributed by atoms with van der Waals surface area (Å²) in [5, 5.41) is 3.54. The third-order valence-corrected chi connectivity index (χ3v) is 5.77. The smallest absolute Gasteiger partial charge is 0.248 e. The number of nitrogens with zero attached hydrogens (tertiary/aromatic N) is 1. The summed E-state index contributed by atoms with van der Waals surface area (Å²) in [6, 6.07) is 15.9. The lowest BCUT2D eigenvalue weighted by atomic mass is 9.92. The standard InChI is InChI=1S/C23H28N2O3/c1-17-6-5-7-20(14-17)28-21-15-25(16-21)22(26)23(12-3-4-13-23)24-18-8-10-19(27-2)11-9-18/h5-11,14,21,24H,3-4,12-13,15-16H2,1-2H3. The van der Waals surface area contributed by atoms with Crippen LogP contribution >= 0.6 is 0 Å². The third kappa shape index (κ3) is 3.79. The second-order valence-corrected chi connectivity index (χ2v) is 7.91. The lowest BCUT2D eigenvalue weighted by molar-refractivity contribution is -0.144. The van der Waals surface area contributed by atoms with Gasteiger partial charge >= 0.3 is 0 Å². The van der Waals surface area contributed by atoms with E-state index in [4.69, 9.17) is 9.47 Å². The summed E-state index contributed by atoms with van der Waals surface area (Å²) in [5.41, 5.74) is 1.64. The van der Waals surface area contributed by atoms with Gasteiger partial charge in [-0.25, -0.2) is 0 Å². The second-order valence-electron chi connectivity index (χ2n) is 7.91. The number of hydrogen-bond acceptors (Lipinski definition) is 4.